The summed E-state index contributed by atoms with van der Waals surface area (Å²) < 4.78 is 38.4. The number of thioether (sulfide) groups is 1. The van der Waals surface area contributed by atoms with Gasteiger partial charge in [-0.2, -0.15) is 13.2 Å². The van der Waals surface area contributed by atoms with Crippen molar-refractivity contribution in [2.24, 2.45) is 23.2 Å². The number of hydrogen-bond donors (Lipinski definition) is 2. The highest BCUT2D eigenvalue weighted by molar-refractivity contribution is 8.01. The quantitative estimate of drug-likeness (QED) is 0.411. The van der Waals surface area contributed by atoms with Gasteiger partial charge in [-0.3, -0.25) is 9.59 Å². The number of carbonyl (C=O) groups excluding carboxylic acids is 2. The first-order valence-electron chi connectivity index (χ1n) is 10.9. The van der Waals surface area contributed by atoms with Gasteiger partial charge in [-0.25, -0.2) is 0 Å². The van der Waals surface area contributed by atoms with Gasteiger partial charge in [-0.15, -0.1) is 10.2 Å². The lowest BCUT2D eigenvalue weighted by molar-refractivity contribution is -0.140. The number of nitrogens with zero attached hydrogens (tertiary/aromatic N) is 2. The Labute approximate surface area is 197 Å². The molecule has 6 rings (SSSR count). The molecule has 11 heteroatoms. The van der Waals surface area contributed by atoms with E-state index in [-0.39, 0.29) is 28.7 Å². The molecule has 0 aliphatic heterocycles. The van der Waals surface area contributed by atoms with Gasteiger partial charge in [-0.1, -0.05) is 23.1 Å². The topological polar surface area (TPSA) is 84.0 Å². The van der Waals surface area contributed by atoms with Crippen LogP contribution in [0.25, 0.3) is 0 Å². The second-order valence-electron chi connectivity index (χ2n) is 9.44. The molecule has 6 nitrogen and oxygen atoms in total. The van der Waals surface area contributed by atoms with E-state index in [0.717, 1.165) is 43.2 Å². The lowest BCUT2D eigenvalue weighted by Gasteiger charge is -2.55. The molecule has 4 fully saturated rings. The van der Waals surface area contributed by atoms with Crippen LogP contribution in [0.5, 0.6) is 0 Å². The molecular formula is C22H23F3N4O2S2. The summed E-state index contributed by atoms with van der Waals surface area (Å²) in [4.78, 5) is 25.3. The van der Waals surface area contributed by atoms with Gasteiger partial charge in [0, 0.05) is 5.69 Å². The molecule has 0 saturated heterocycles. The highest BCUT2D eigenvalue weighted by Gasteiger charge is 2.54. The van der Waals surface area contributed by atoms with Crippen molar-refractivity contribution in [2.45, 2.75) is 49.0 Å². The van der Waals surface area contributed by atoms with E-state index in [1.807, 2.05) is 0 Å². The Hall–Kier alpha value is -2.14. The molecule has 4 aliphatic rings. The van der Waals surface area contributed by atoms with Crippen molar-refractivity contribution in [2.75, 3.05) is 16.4 Å². The third-order valence-electron chi connectivity index (χ3n) is 6.97. The first-order valence-corrected chi connectivity index (χ1v) is 12.7. The maximum absolute atomic E-state index is 13.1. The van der Waals surface area contributed by atoms with E-state index in [0.29, 0.717) is 27.2 Å². The number of amides is 2. The molecule has 1 aromatic carbocycles. The van der Waals surface area contributed by atoms with Crippen molar-refractivity contribution in [3.05, 3.63) is 29.8 Å². The Balaban J connectivity index is 1.12. The molecule has 1 aromatic heterocycles. The Morgan fingerprint density at radius 3 is 2.18 bits per heavy atom. The summed E-state index contributed by atoms with van der Waals surface area (Å²) in [6.45, 7) is 0. The summed E-state index contributed by atoms with van der Waals surface area (Å²) in [5, 5.41) is 14.1. The van der Waals surface area contributed by atoms with E-state index in [9.17, 15) is 22.8 Å². The highest BCUT2D eigenvalue weighted by atomic mass is 32.2. The van der Waals surface area contributed by atoms with Crippen LogP contribution in [-0.2, 0) is 15.8 Å². The van der Waals surface area contributed by atoms with E-state index in [4.69, 9.17) is 0 Å². The fraction of sp³-hybridized carbons (Fsp3) is 0.545. The third-order valence-corrected chi connectivity index (χ3v) is 8.94. The van der Waals surface area contributed by atoms with Crippen LogP contribution in [0.4, 0.5) is 24.0 Å². The average Bonchev–Trinajstić information content (AvgIpc) is 3.18. The summed E-state index contributed by atoms with van der Waals surface area (Å²) in [7, 11) is 0. The van der Waals surface area contributed by atoms with Crippen molar-refractivity contribution in [1.29, 1.82) is 0 Å². The van der Waals surface area contributed by atoms with Gasteiger partial charge in [0.05, 0.1) is 16.7 Å². The summed E-state index contributed by atoms with van der Waals surface area (Å²) in [5.74, 6) is 1.73. The minimum atomic E-state index is -4.42. The number of halogens is 3. The van der Waals surface area contributed by atoms with Crippen molar-refractivity contribution >= 4 is 45.7 Å². The first-order chi connectivity index (χ1) is 15.7. The minimum absolute atomic E-state index is 0.0264. The van der Waals surface area contributed by atoms with Crippen molar-refractivity contribution in [3.8, 4) is 0 Å². The largest absolute Gasteiger partial charge is 0.416 e. The van der Waals surface area contributed by atoms with Gasteiger partial charge in [0.2, 0.25) is 16.9 Å². The summed E-state index contributed by atoms with van der Waals surface area (Å²) in [6, 6.07) is 4.28. The SMILES string of the molecule is O=C(CSc1nnc(NC(=O)C23CC4CC(CC(C4)C2)C3)s1)Nc1ccc(C(F)(F)F)cc1. The number of anilines is 2. The number of nitrogens with one attached hydrogen (secondary N) is 2. The van der Waals surface area contributed by atoms with Crippen LogP contribution in [0.2, 0.25) is 0 Å². The normalized spacial score (nSPS) is 28.0. The van der Waals surface area contributed by atoms with E-state index < -0.39 is 11.7 Å². The molecule has 1 heterocycles. The Morgan fingerprint density at radius 1 is 1.00 bits per heavy atom. The van der Waals surface area contributed by atoms with Crippen LogP contribution in [0, 0.1) is 23.2 Å². The second kappa shape index (κ2) is 8.57. The van der Waals surface area contributed by atoms with Crippen LogP contribution in [0.3, 0.4) is 0 Å². The Morgan fingerprint density at radius 2 is 1.61 bits per heavy atom. The predicted octanol–water partition coefficient (Wildman–Crippen LogP) is 5.44. The summed E-state index contributed by atoms with van der Waals surface area (Å²) >= 11 is 2.39. The molecule has 0 unspecified atom stereocenters. The van der Waals surface area contributed by atoms with Gasteiger partial charge in [0.15, 0.2) is 4.34 Å². The zero-order valence-corrected chi connectivity index (χ0v) is 19.3. The molecule has 2 amide bonds. The number of aromatic nitrogens is 2. The zero-order chi connectivity index (χ0) is 23.2. The highest BCUT2D eigenvalue weighted by Crippen LogP contribution is 2.60. The fourth-order valence-electron chi connectivity index (χ4n) is 6.00. The summed E-state index contributed by atoms with van der Waals surface area (Å²) in [6.07, 6.45) is 2.28. The van der Waals surface area contributed by atoms with Crippen molar-refractivity contribution in [3.63, 3.8) is 0 Å². The van der Waals surface area contributed by atoms with E-state index in [1.54, 1.807) is 0 Å². The van der Waals surface area contributed by atoms with Gasteiger partial charge in [0.1, 0.15) is 0 Å². The molecule has 0 atom stereocenters. The fourth-order valence-corrected chi connectivity index (χ4v) is 7.55. The Kier molecular flexibility index (Phi) is 5.88. The molecule has 33 heavy (non-hydrogen) atoms. The van der Waals surface area contributed by atoms with Crippen LogP contribution in [-0.4, -0.2) is 27.8 Å². The summed E-state index contributed by atoms with van der Waals surface area (Å²) in [5.41, 5.74) is -0.754. The van der Waals surface area contributed by atoms with Crippen LogP contribution >= 0.6 is 23.1 Å². The number of carbonyl (C=O) groups is 2. The molecule has 176 valence electrons. The lowest BCUT2D eigenvalue weighted by Crippen LogP contribution is -2.51. The maximum Gasteiger partial charge on any atom is 0.416 e. The third kappa shape index (κ3) is 4.89. The molecule has 2 aromatic rings. The predicted molar refractivity (Wildman–Crippen MR) is 120 cm³/mol. The van der Waals surface area contributed by atoms with Crippen LogP contribution in [0.15, 0.2) is 28.6 Å². The zero-order valence-electron chi connectivity index (χ0n) is 17.7. The van der Waals surface area contributed by atoms with Crippen molar-refractivity contribution < 1.29 is 22.8 Å². The van der Waals surface area contributed by atoms with Crippen LogP contribution in [0.1, 0.15) is 44.1 Å². The average molecular weight is 497 g/mol. The molecule has 4 bridgehead atoms. The maximum atomic E-state index is 13.1. The molecular weight excluding hydrogens is 473 g/mol. The number of alkyl halides is 3. The smallest absolute Gasteiger partial charge is 0.325 e. The first kappa shape index (κ1) is 22.6. The van der Waals surface area contributed by atoms with E-state index in [1.165, 1.54) is 42.7 Å². The van der Waals surface area contributed by atoms with Gasteiger partial charge >= 0.3 is 6.18 Å². The number of benzene rings is 1. The minimum Gasteiger partial charge on any atom is -0.325 e. The Bertz CT molecular complexity index is 1020. The second-order valence-corrected chi connectivity index (χ2v) is 11.6. The molecule has 2 N–H and O–H groups in total. The molecule has 4 aliphatic carbocycles. The van der Waals surface area contributed by atoms with Gasteiger partial charge < -0.3 is 10.6 Å². The molecule has 0 radical (unpaired) electrons. The number of hydrogen-bond acceptors (Lipinski definition) is 6. The van der Waals surface area contributed by atoms with Gasteiger partial charge in [-0.05, 0) is 80.5 Å². The van der Waals surface area contributed by atoms with E-state index >= 15 is 0 Å². The standard InChI is InChI=1S/C22H23F3N4O2S2/c23-22(24,25)15-1-3-16(4-2-15)26-17(30)11-32-20-29-28-19(33-20)27-18(31)21-8-12-5-13(9-21)7-14(6-12)10-21/h1-4,12-14H,5-11H2,(H,26,30)(H,27,28,31). The monoisotopic (exact) mass is 496 g/mol. The molecule has 4 saturated carbocycles. The van der Waals surface area contributed by atoms with Gasteiger partial charge in [0.25, 0.3) is 0 Å². The number of rotatable bonds is 6. The van der Waals surface area contributed by atoms with Crippen molar-refractivity contribution in [1.82, 2.24) is 10.2 Å². The van der Waals surface area contributed by atoms with E-state index in [2.05, 4.69) is 20.8 Å². The van der Waals surface area contributed by atoms with Crippen LogP contribution < -0.4 is 10.6 Å². The molecule has 0 spiro atoms. The lowest BCUT2D eigenvalue weighted by atomic mass is 9.49.